The fraction of sp³-hybridized carbons (Fsp3) is 0.278. The lowest BCUT2D eigenvalue weighted by Gasteiger charge is -2.26. The Balaban J connectivity index is 1.99. The van der Waals surface area contributed by atoms with Crippen molar-refractivity contribution in [2.75, 3.05) is 6.54 Å². The molecule has 2 nitrogen and oxygen atoms in total. The molecule has 0 aromatic heterocycles. The molecule has 1 amide bonds. The number of benzene rings is 2. The first-order valence-electron chi connectivity index (χ1n) is 7.10. The number of carbonyl (C=O) groups is 1. The van der Waals surface area contributed by atoms with Crippen LogP contribution in [0.1, 0.15) is 24.9 Å². The molecule has 2 aromatic rings. The molecule has 1 heterocycles. The first kappa shape index (κ1) is 12.9. The number of fused-ring (bicyclic) bond motifs is 1. The lowest BCUT2D eigenvalue weighted by molar-refractivity contribution is -0.129. The molecule has 102 valence electrons. The highest BCUT2D eigenvalue weighted by atomic mass is 16.2. The summed E-state index contributed by atoms with van der Waals surface area (Å²) in [6.07, 6.45) is 2.49. The minimum atomic E-state index is 0.110. The van der Waals surface area contributed by atoms with E-state index in [2.05, 4.69) is 49.9 Å². The van der Waals surface area contributed by atoms with Crippen molar-refractivity contribution >= 4 is 16.7 Å². The second-order valence-corrected chi connectivity index (χ2v) is 5.49. The van der Waals surface area contributed by atoms with Crippen LogP contribution in [0.4, 0.5) is 0 Å². The van der Waals surface area contributed by atoms with Gasteiger partial charge in [0.2, 0.25) is 5.91 Å². The van der Waals surface area contributed by atoms with E-state index < -0.39 is 0 Å². The van der Waals surface area contributed by atoms with Crippen LogP contribution in [0.3, 0.4) is 0 Å². The lowest BCUT2D eigenvalue weighted by Crippen LogP contribution is -2.28. The summed E-state index contributed by atoms with van der Waals surface area (Å²) >= 11 is 0. The van der Waals surface area contributed by atoms with Crippen molar-refractivity contribution in [3.05, 3.63) is 60.7 Å². The van der Waals surface area contributed by atoms with Gasteiger partial charge in [-0.1, -0.05) is 48.5 Å². The van der Waals surface area contributed by atoms with Gasteiger partial charge in [0.1, 0.15) is 0 Å². The second kappa shape index (κ2) is 5.12. The van der Waals surface area contributed by atoms with Crippen LogP contribution in [0.5, 0.6) is 0 Å². The molecule has 0 spiro atoms. The van der Waals surface area contributed by atoms with Crippen LogP contribution in [0, 0.1) is 5.92 Å². The van der Waals surface area contributed by atoms with Crippen molar-refractivity contribution in [1.29, 1.82) is 0 Å². The fourth-order valence-corrected chi connectivity index (χ4v) is 3.08. The molecule has 1 aliphatic rings. The quantitative estimate of drug-likeness (QED) is 0.770. The Labute approximate surface area is 119 Å². The molecule has 0 saturated carbocycles. The van der Waals surface area contributed by atoms with Crippen LogP contribution in [-0.4, -0.2) is 17.4 Å². The van der Waals surface area contributed by atoms with Crippen molar-refractivity contribution in [2.45, 2.75) is 19.4 Å². The van der Waals surface area contributed by atoms with Crippen molar-refractivity contribution in [2.24, 2.45) is 5.92 Å². The maximum Gasteiger partial charge on any atom is 0.223 e. The molecule has 3 rings (SSSR count). The van der Waals surface area contributed by atoms with Crippen LogP contribution in [0.2, 0.25) is 0 Å². The summed E-state index contributed by atoms with van der Waals surface area (Å²) in [5.74, 6) is 0.523. The van der Waals surface area contributed by atoms with Gasteiger partial charge >= 0.3 is 0 Å². The topological polar surface area (TPSA) is 20.3 Å². The molecule has 1 aliphatic heterocycles. The smallest absolute Gasteiger partial charge is 0.223 e. The van der Waals surface area contributed by atoms with Gasteiger partial charge in [-0.05, 0) is 23.3 Å². The zero-order valence-electron chi connectivity index (χ0n) is 11.8. The van der Waals surface area contributed by atoms with E-state index in [1.807, 2.05) is 17.0 Å². The molecule has 0 N–H and O–H groups in total. The average molecular weight is 265 g/mol. The molecule has 1 unspecified atom stereocenters. The number of carbonyl (C=O) groups excluding carboxylic acids is 1. The van der Waals surface area contributed by atoms with Crippen LogP contribution < -0.4 is 0 Å². The Bertz CT molecular complexity index is 656. The molecule has 1 fully saturated rings. The zero-order chi connectivity index (χ0) is 14.1. The predicted molar refractivity (Wildman–Crippen MR) is 82.4 cm³/mol. The summed E-state index contributed by atoms with van der Waals surface area (Å²) in [4.78, 5) is 14.2. The summed E-state index contributed by atoms with van der Waals surface area (Å²) in [5.41, 5.74) is 1.22. The predicted octanol–water partition coefficient (Wildman–Crippen LogP) is 3.94. The van der Waals surface area contributed by atoms with Crippen LogP contribution >= 0.6 is 0 Å². The zero-order valence-corrected chi connectivity index (χ0v) is 11.8. The third kappa shape index (κ3) is 2.11. The highest BCUT2D eigenvalue weighted by Gasteiger charge is 2.31. The SMILES string of the molecule is C=CC1CC(=O)N([C@@H](C)c2cccc3ccccc23)C1. The average Bonchev–Trinajstić information content (AvgIpc) is 2.87. The van der Waals surface area contributed by atoms with Gasteiger partial charge in [-0.25, -0.2) is 0 Å². The molecule has 2 aromatic carbocycles. The van der Waals surface area contributed by atoms with Gasteiger partial charge in [0.25, 0.3) is 0 Å². The molecular formula is C18H19NO. The van der Waals surface area contributed by atoms with Crippen molar-refractivity contribution in [3.8, 4) is 0 Å². The minimum absolute atomic E-state index is 0.110. The highest BCUT2D eigenvalue weighted by molar-refractivity contribution is 5.87. The molecule has 1 saturated heterocycles. The van der Waals surface area contributed by atoms with Gasteiger partial charge in [0.15, 0.2) is 0 Å². The molecule has 0 aliphatic carbocycles. The van der Waals surface area contributed by atoms with Crippen LogP contribution in [0.25, 0.3) is 10.8 Å². The lowest BCUT2D eigenvalue weighted by atomic mass is 9.99. The van der Waals surface area contributed by atoms with E-state index in [0.29, 0.717) is 12.3 Å². The van der Waals surface area contributed by atoms with Crippen molar-refractivity contribution in [1.82, 2.24) is 4.90 Å². The van der Waals surface area contributed by atoms with E-state index in [1.54, 1.807) is 0 Å². The Kier molecular flexibility index (Phi) is 3.31. The number of hydrogen-bond donors (Lipinski definition) is 0. The highest BCUT2D eigenvalue weighted by Crippen LogP contribution is 2.32. The van der Waals surface area contributed by atoms with E-state index in [1.165, 1.54) is 16.3 Å². The number of nitrogens with zero attached hydrogens (tertiary/aromatic N) is 1. The summed E-state index contributed by atoms with van der Waals surface area (Å²) in [6, 6.07) is 14.8. The standard InChI is InChI=1S/C18H19NO/c1-3-14-11-18(20)19(12-14)13(2)16-10-6-8-15-7-4-5-9-17(15)16/h3-10,13-14H,1,11-12H2,2H3/t13-,14?/m0/s1. The minimum Gasteiger partial charge on any atom is -0.335 e. The number of likely N-dealkylation sites (tertiary alicyclic amines) is 1. The van der Waals surface area contributed by atoms with E-state index in [0.717, 1.165) is 6.54 Å². The van der Waals surface area contributed by atoms with Gasteiger partial charge in [-0.15, -0.1) is 6.58 Å². The molecular weight excluding hydrogens is 246 g/mol. The van der Waals surface area contributed by atoms with E-state index in [9.17, 15) is 4.79 Å². The van der Waals surface area contributed by atoms with Crippen molar-refractivity contribution in [3.63, 3.8) is 0 Å². The Hall–Kier alpha value is -2.09. The van der Waals surface area contributed by atoms with E-state index in [4.69, 9.17) is 0 Å². The summed E-state index contributed by atoms with van der Waals surface area (Å²) in [7, 11) is 0. The number of amides is 1. The molecule has 0 radical (unpaired) electrons. The monoisotopic (exact) mass is 265 g/mol. The summed E-state index contributed by atoms with van der Waals surface area (Å²) in [5, 5.41) is 2.46. The third-order valence-corrected chi connectivity index (χ3v) is 4.26. The Morgan fingerprint density at radius 3 is 2.75 bits per heavy atom. The molecule has 2 heteroatoms. The van der Waals surface area contributed by atoms with E-state index in [-0.39, 0.29) is 11.9 Å². The number of rotatable bonds is 3. The van der Waals surface area contributed by atoms with Gasteiger partial charge in [0, 0.05) is 18.9 Å². The van der Waals surface area contributed by atoms with E-state index >= 15 is 0 Å². The normalized spacial score (nSPS) is 20.4. The maximum absolute atomic E-state index is 12.2. The second-order valence-electron chi connectivity index (χ2n) is 5.49. The molecule has 20 heavy (non-hydrogen) atoms. The summed E-state index contributed by atoms with van der Waals surface area (Å²) < 4.78 is 0. The van der Waals surface area contributed by atoms with Crippen molar-refractivity contribution < 1.29 is 4.79 Å². The molecule has 2 atom stereocenters. The largest absolute Gasteiger partial charge is 0.335 e. The number of hydrogen-bond acceptors (Lipinski definition) is 1. The van der Waals surface area contributed by atoms with Crippen LogP contribution in [-0.2, 0) is 4.79 Å². The van der Waals surface area contributed by atoms with Gasteiger partial charge in [-0.2, -0.15) is 0 Å². The molecule has 0 bridgehead atoms. The Morgan fingerprint density at radius 1 is 1.25 bits per heavy atom. The third-order valence-electron chi connectivity index (χ3n) is 4.26. The first-order valence-corrected chi connectivity index (χ1v) is 7.10. The van der Waals surface area contributed by atoms with Gasteiger partial charge in [-0.3, -0.25) is 4.79 Å². The first-order chi connectivity index (χ1) is 9.70. The fourth-order valence-electron chi connectivity index (χ4n) is 3.08. The maximum atomic E-state index is 12.2. The van der Waals surface area contributed by atoms with Gasteiger partial charge < -0.3 is 4.90 Å². The van der Waals surface area contributed by atoms with Gasteiger partial charge in [0.05, 0.1) is 6.04 Å². The van der Waals surface area contributed by atoms with Crippen LogP contribution in [0.15, 0.2) is 55.1 Å². The Morgan fingerprint density at radius 2 is 2.00 bits per heavy atom. The summed E-state index contributed by atoms with van der Waals surface area (Å²) in [6.45, 7) is 6.72.